The third-order valence-electron chi connectivity index (χ3n) is 1.85. The number of benzene rings is 1. The van der Waals surface area contributed by atoms with Gasteiger partial charge in [0.25, 0.3) is 0 Å². The van der Waals surface area contributed by atoms with Crippen LogP contribution in [0, 0.1) is 0 Å². The van der Waals surface area contributed by atoms with Crippen molar-refractivity contribution in [2.24, 2.45) is 0 Å². The van der Waals surface area contributed by atoms with E-state index in [1.54, 1.807) is 18.4 Å². The summed E-state index contributed by atoms with van der Waals surface area (Å²) in [5.41, 5.74) is 2.35. The van der Waals surface area contributed by atoms with Crippen LogP contribution in [0.15, 0.2) is 34.9 Å². The number of rotatable bonds is 2. The molecule has 0 N–H and O–H groups in total. The number of oxazole rings is 1. The highest BCUT2D eigenvalue weighted by Gasteiger charge is 2.04. The maximum atomic E-state index is 5.61. The highest BCUT2D eigenvalue weighted by atomic mass is 35.5. The Balaban J connectivity index is 2.34. The number of nitrogens with zero attached hydrogens (tertiary/aromatic N) is 1. The third-order valence-corrected chi connectivity index (χ3v) is 2.12. The van der Waals surface area contributed by atoms with Gasteiger partial charge in [0.1, 0.15) is 14.1 Å². The van der Waals surface area contributed by atoms with E-state index in [-0.39, 0.29) is 0 Å². The van der Waals surface area contributed by atoms with Crippen molar-refractivity contribution in [1.29, 1.82) is 0 Å². The first kappa shape index (κ1) is 9.34. The molecule has 0 spiro atoms. The fraction of sp³-hybridized carbons (Fsp3) is 0.100. The van der Waals surface area contributed by atoms with E-state index in [0.717, 1.165) is 16.7 Å². The second-order valence-electron chi connectivity index (χ2n) is 2.90. The molecule has 2 nitrogen and oxygen atoms in total. The topological polar surface area (TPSA) is 26.0 Å². The van der Waals surface area contributed by atoms with Crippen molar-refractivity contribution >= 4 is 24.9 Å². The maximum absolute atomic E-state index is 5.61. The van der Waals surface area contributed by atoms with Crippen LogP contribution in [0.1, 0.15) is 5.69 Å². The SMILES string of the molecule is [B]c1ccc(-c2nc(CCl)co2)cc1. The summed E-state index contributed by atoms with van der Waals surface area (Å²) in [5.74, 6) is 0.930. The molecule has 2 aromatic rings. The van der Waals surface area contributed by atoms with Crippen molar-refractivity contribution in [1.82, 2.24) is 4.98 Å². The highest BCUT2D eigenvalue weighted by Crippen LogP contribution is 2.17. The number of aromatic nitrogens is 1. The van der Waals surface area contributed by atoms with E-state index in [9.17, 15) is 0 Å². The van der Waals surface area contributed by atoms with Crippen molar-refractivity contribution < 1.29 is 4.42 Å². The monoisotopic (exact) mass is 203 g/mol. The minimum Gasteiger partial charge on any atom is -0.444 e. The molecule has 0 saturated heterocycles. The Kier molecular flexibility index (Phi) is 2.59. The van der Waals surface area contributed by atoms with Crippen LogP contribution >= 0.6 is 11.6 Å². The van der Waals surface area contributed by atoms with Gasteiger partial charge in [-0.25, -0.2) is 4.98 Å². The maximum Gasteiger partial charge on any atom is 0.226 e. The van der Waals surface area contributed by atoms with Crippen LogP contribution in [0.4, 0.5) is 0 Å². The molecule has 1 aromatic heterocycles. The largest absolute Gasteiger partial charge is 0.444 e. The third kappa shape index (κ3) is 1.83. The van der Waals surface area contributed by atoms with E-state index in [4.69, 9.17) is 23.9 Å². The van der Waals surface area contributed by atoms with Crippen molar-refractivity contribution in [3.8, 4) is 11.5 Å². The van der Waals surface area contributed by atoms with Gasteiger partial charge in [0.15, 0.2) is 0 Å². The molecule has 4 heteroatoms. The fourth-order valence-electron chi connectivity index (χ4n) is 1.13. The average molecular weight is 203 g/mol. The molecular formula is C10H7BClNO. The van der Waals surface area contributed by atoms with Crippen molar-refractivity contribution in [3.63, 3.8) is 0 Å². The van der Waals surface area contributed by atoms with Crippen LogP contribution in [-0.4, -0.2) is 12.8 Å². The number of hydrogen-bond acceptors (Lipinski definition) is 2. The summed E-state index contributed by atoms with van der Waals surface area (Å²) in [6, 6.07) is 7.33. The minimum atomic E-state index is 0.360. The molecule has 0 amide bonds. The standard InChI is InChI=1S/C10H7BClNO/c11-8-3-1-7(2-4-8)10-13-9(5-12)6-14-10/h1-4,6H,5H2. The Hall–Kier alpha value is -1.22. The van der Waals surface area contributed by atoms with Gasteiger partial charge in [-0.05, 0) is 0 Å². The van der Waals surface area contributed by atoms with Crippen LogP contribution < -0.4 is 5.46 Å². The van der Waals surface area contributed by atoms with Gasteiger partial charge in [-0.15, -0.1) is 11.6 Å². The average Bonchev–Trinajstić information content (AvgIpc) is 2.67. The van der Waals surface area contributed by atoms with Crippen LogP contribution in [0.5, 0.6) is 0 Å². The summed E-state index contributed by atoms with van der Waals surface area (Å²) in [6.45, 7) is 0. The molecule has 2 rings (SSSR count). The van der Waals surface area contributed by atoms with E-state index in [1.807, 2.05) is 12.1 Å². The van der Waals surface area contributed by atoms with E-state index >= 15 is 0 Å². The number of alkyl halides is 1. The Morgan fingerprint density at radius 2 is 2.00 bits per heavy atom. The molecule has 0 aliphatic heterocycles. The Labute approximate surface area is 88.3 Å². The van der Waals surface area contributed by atoms with Gasteiger partial charge in [0, 0.05) is 5.56 Å². The number of hydrogen-bond donors (Lipinski definition) is 0. The second-order valence-corrected chi connectivity index (χ2v) is 3.17. The van der Waals surface area contributed by atoms with Gasteiger partial charge in [-0.1, -0.05) is 29.7 Å². The van der Waals surface area contributed by atoms with Crippen LogP contribution in [0.3, 0.4) is 0 Å². The van der Waals surface area contributed by atoms with E-state index in [1.165, 1.54) is 0 Å². The quantitative estimate of drug-likeness (QED) is 0.550. The van der Waals surface area contributed by atoms with Gasteiger partial charge in [0.05, 0.1) is 11.6 Å². The molecule has 0 fully saturated rings. The molecule has 14 heavy (non-hydrogen) atoms. The molecule has 1 heterocycles. The Bertz CT molecular complexity index is 424. The predicted molar refractivity (Wildman–Crippen MR) is 56.9 cm³/mol. The zero-order valence-electron chi connectivity index (χ0n) is 7.40. The lowest BCUT2D eigenvalue weighted by atomic mass is 9.95. The first-order valence-electron chi connectivity index (χ1n) is 4.16. The lowest BCUT2D eigenvalue weighted by molar-refractivity contribution is 0.573. The number of halogens is 1. The van der Waals surface area contributed by atoms with E-state index in [2.05, 4.69) is 4.98 Å². The van der Waals surface area contributed by atoms with E-state index in [0.29, 0.717) is 11.8 Å². The lowest BCUT2D eigenvalue weighted by Crippen LogP contribution is -1.99. The molecule has 0 aliphatic carbocycles. The summed E-state index contributed by atoms with van der Waals surface area (Å²) in [6.07, 6.45) is 1.55. The smallest absolute Gasteiger partial charge is 0.226 e. The van der Waals surface area contributed by atoms with Gasteiger partial charge in [0.2, 0.25) is 5.89 Å². The Morgan fingerprint density at radius 3 is 2.57 bits per heavy atom. The lowest BCUT2D eigenvalue weighted by Gasteiger charge is -1.95. The van der Waals surface area contributed by atoms with Gasteiger partial charge >= 0.3 is 0 Å². The molecule has 0 saturated carbocycles. The van der Waals surface area contributed by atoms with Gasteiger partial charge in [-0.3, -0.25) is 0 Å². The van der Waals surface area contributed by atoms with Crippen molar-refractivity contribution in [2.45, 2.75) is 5.88 Å². The Morgan fingerprint density at radius 1 is 1.29 bits per heavy atom. The minimum absolute atomic E-state index is 0.360. The first-order chi connectivity index (χ1) is 6.79. The van der Waals surface area contributed by atoms with Gasteiger partial charge in [-0.2, -0.15) is 0 Å². The molecule has 0 atom stereocenters. The van der Waals surface area contributed by atoms with Crippen molar-refractivity contribution in [2.75, 3.05) is 0 Å². The fourth-order valence-corrected chi connectivity index (χ4v) is 1.25. The summed E-state index contributed by atoms with van der Waals surface area (Å²) in [7, 11) is 5.56. The summed E-state index contributed by atoms with van der Waals surface area (Å²) in [4.78, 5) is 4.19. The summed E-state index contributed by atoms with van der Waals surface area (Å²) >= 11 is 5.61. The normalized spacial score (nSPS) is 10.4. The zero-order valence-corrected chi connectivity index (χ0v) is 8.16. The highest BCUT2D eigenvalue weighted by molar-refractivity contribution is 6.32. The first-order valence-corrected chi connectivity index (χ1v) is 4.69. The van der Waals surface area contributed by atoms with Crippen molar-refractivity contribution in [3.05, 3.63) is 36.2 Å². The van der Waals surface area contributed by atoms with Crippen LogP contribution in [-0.2, 0) is 5.88 Å². The molecule has 1 aromatic carbocycles. The molecule has 0 bridgehead atoms. The summed E-state index contributed by atoms with van der Waals surface area (Å²) in [5, 5.41) is 0. The molecule has 68 valence electrons. The zero-order chi connectivity index (χ0) is 9.97. The molecule has 0 aliphatic rings. The molecule has 2 radical (unpaired) electrons. The molecular weight excluding hydrogens is 196 g/mol. The predicted octanol–water partition coefficient (Wildman–Crippen LogP) is 1.87. The van der Waals surface area contributed by atoms with Gasteiger partial charge < -0.3 is 4.42 Å². The van der Waals surface area contributed by atoms with Crippen LogP contribution in [0.25, 0.3) is 11.5 Å². The molecule has 0 unspecified atom stereocenters. The van der Waals surface area contributed by atoms with E-state index < -0.39 is 0 Å². The van der Waals surface area contributed by atoms with Crippen LogP contribution in [0.2, 0.25) is 0 Å². The summed E-state index contributed by atoms with van der Waals surface area (Å²) < 4.78 is 5.25. The second kappa shape index (κ2) is 3.88.